The maximum absolute atomic E-state index is 11.7. The number of anilines is 1. The zero-order chi connectivity index (χ0) is 15.2. The van der Waals surface area contributed by atoms with Crippen LogP contribution in [-0.2, 0) is 4.79 Å². The molecule has 1 aromatic heterocycles. The van der Waals surface area contributed by atoms with E-state index in [1.165, 1.54) is 18.3 Å². The van der Waals surface area contributed by atoms with Crippen molar-refractivity contribution in [2.24, 2.45) is 0 Å². The largest absolute Gasteiger partial charge is 0.476 e. The van der Waals surface area contributed by atoms with Crippen molar-refractivity contribution in [3.63, 3.8) is 0 Å². The highest BCUT2D eigenvalue weighted by molar-refractivity contribution is 9.10. The smallest absolute Gasteiger partial charge is 0.406 e. The number of aromatic nitrogens is 1. The van der Waals surface area contributed by atoms with Crippen molar-refractivity contribution in [3.05, 3.63) is 57.2 Å². The predicted octanol–water partition coefficient (Wildman–Crippen LogP) is 2.77. The standard InChI is InChI=1S/C13H10BrN3O4/c14-9-3-5-10(6-4-9)16-12(18)8-21-11-2-1-7-15-13(11)17(19)20/h1-7H,8H2,(H,16,18). The van der Waals surface area contributed by atoms with Crippen molar-refractivity contribution < 1.29 is 14.5 Å². The van der Waals surface area contributed by atoms with Gasteiger partial charge in [-0.1, -0.05) is 15.9 Å². The van der Waals surface area contributed by atoms with Crippen LogP contribution in [0.5, 0.6) is 5.75 Å². The van der Waals surface area contributed by atoms with Gasteiger partial charge in [-0.15, -0.1) is 0 Å². The Balaban J connectivity index is 1.95. The average molecular weight is 352 g/mol. The molecule has 0 saturated heterocycles. The molecule has 0 aliphatic carbocycles. The minimum atomic E-state index is -0.665. The summed E-state index contributed by atoms with van der Waals surface area (Å²) in [6.07, 6.45) is 1.28. The van der Waals surface area contributed by atoms with Gasteiger partial charge in [0.1, 0.15) is 6.20 Å². The molecular formula is C13H10BrN3O4. The van der Waals surface area contributed by atoms with E-state index in [1.54, 1.807) is 24.3 Å². The molecule has 0 saturated carbocycles. The van der Waals surface area contributed by atoms with Gasteiger partial charge in [0.05, 0.1) is 0 Å². The fourth-order valence-corrected chi connectivity index (χ4v) is 1.77. The van der Waals surface area contributed by atoms with Crippen molar-refractivity contribution in [2.75, 3.05) is 11.9 Å². The molecule has 0 atom stereocenters. The fourth-order valence-electron chi connectivity index (χ4n) is 1.51. The van der Waals surface area contributed by atoms with Crippen LogP contribution in [0.4, 0.5) is 11.5 Å². The van der Waals surface area contributed by atoms with E-state index in [1.807, 2.05) is 0 Å². The molecule has 8 heteroatoms. The second-order valence-electron chi connectivity index (χ2n) is 3.93. The number of benzene rings is 1. The average Bonchev–Trinajstić information content (AvgIpc) is 2.48. The summed E-state index contributed by atoms with van der Waals surface area (Å²) in [5.41, 5.74) is 0.604. The van der Waals surface area contributed by atoms with Crippen LogP contribution >= 0.6 is 15.9 Å². The van der Waals surface area contributed by atoms with E-state index in [9.17, 15) is 14.9 Å². The summed E-state index contributed by atoms with van der Waals surface area (Å²) >= 11 is 3.29. The van der Waals surface area contributed by atoms with Gasteiger partial charge in [-0.25, -0.2) is 0 Å². The number of hydrogen-bond acceptors (Lipinski definition) is 5. The third-order valence-corrected chi connectivity index (χ3v) is 2.94. The molecule has 2 aromatic rings. The number of ether oxygens (including phenoxy) is 1. The zero-order valence-electron chi connectivity index (χ0n) is 10.7. The topological polar surface area (TPSA) is 94.4 Å². The lowest BCUT2D eigenvalue weighted by molar-refractivity contribution is -0.390. The number of hydrogen-bond donors (Lipinski definition) is 1. The van der Waals surface area contributed by atoms with E-state index in [-0.39, 0.29) is 12.4 Å². The summed E-state index contributed by atoms with van der Waals surface area (Å²) in [5, 5.41) is 13.4. The molecule has 1 heterocycles. The first-order chi connectivity index (χ1) is 10.1. The van der Waals surface area contributed by atoms with Crippen LogP contribution in [0, 0.1) is 10.1 Å². The van der Waals surface area contributed by atoms with Gasteiger partial charge < -0.3 is 20.2 Å². The molecule has 0 bridgehead atoms. The second kappa shape index (κ2) is 6.80. The molecule has 0 aliphatic heterocycles. The van der Waals surface area contributed by atoms with Gasteiger partial charge in [-0.2, -0.15) is 0 Å². The van der Waals surface area contributed by atoms with Crippen LogP contribution in [0.25, 0.3) is 0 Å². The second-order valence-corrected chi connectivity index (χ2v) is 4.84. The number of nitrogens with zero attached hydrogens (tertiary/aromatic N) is 2. The number of nitro groups is 1. The molecule has 7 nitrogen and oxygen atoms in total. The Morgan fingerprint density at radius 2 is 2.05 bits per heavy atom. The van der Waals surface area contributed by atoms with Gasteiger partial charge in [0, 0.05) is 10.2 Å². The Hall–Kier alpha value is -2.48. The molecule has 1 aromatic carbocycles. The van der Waals surface area contributed by atoms with Crippen molar-refractivity contribution in [2.45, 2.75) is 0 Å². The first kappa shape index (κ1) is 14.9. The molecule has 1 N–H and O–H groups in total. The minimum Gasteiger partial charge on any atom is -0.476 e. The van der Waals surface area contributed by atoms with E-state index in [2.05, 4.69) is 26.2 Å². The van der Waals surface area contributed by atoms with E-state index < -0.39 is 16.6 Å². The molecular weight excluding hydrogens is 342 g/mol. The minimum absolute atomic E-state index is 0.0477. The summed E-state index contributed by atoms with van der Waals surface area (Å²) in [6.45, 7) is -0.345. The fraction of sp³-hybridized carbons (Fsp3) is 0.0769. The SMILES string of the molecule is O=C(COc1cccnc1[N+](=O)[O-])Nc1ccc(Br)cc1. The monoisotopic (exact) mass is 351 g/mol. The number of nitrogens with one attached hydrogen (secondary N) is 1. The zero-order valence-corrected chi connectivity index (χ0v) is 12.2. The van der Waals surface area contributed by atoms with Crippen LogP contribution in [0.15, 0.2) is 47.1 Å². The van der Waals surface area contributed by atoms with E-state index in [0.29, 0.717) is 5.69 Å². The van der Waals surface area contributed by atoms with Gasteiger partial charge in [-0.05, 0) is 46.3 Å². The predicted molar refractivity (Wildman–Crippen MR) is 79.2 cm³/mol. The number of rotatable bonds is 5. The summed E-state index contributed by atoms with van der Waals surface area (Å²) in [6, 6.07) is 9.88. The van der Waals surface area contributed by atoms with Crippen LogP contribution in [0.2, 0.25) is 0 Å². The summed E-state index contributed by atoms with van der Waals surface area (Å²) in [4.78, 5) is 25.4. The van der Waals surface area contributed by atoms with Crippen LogP contribution < -0.4 is 10.1 Å². The van der Waals surface area contributed by atoms with Crippen LogP contribution in [0.3, 0.4) is 0 Å². The van der Waals surface area contributed by atoms with Crippen LogP contribution in [-0.4, -0.2) is 22.4 Å². The number of halogens is 1. The van der Waals surface area contributed by atoms with Crippen molar-refractivity contribution in [1.29, 1.82) is 0 Å². The third kappa shape index (κ3) is 4.25. The van der Waals surface area contributed by atoms with E-state index in [4.69, 9.17) is 4.74 Å². The first-order valence-electron chi connectivity index (χ1n) is 5.84. The lowest BCUT2D eigenvalue weighted by Gasteiger charge is -2.07. The highest BCUT2D eigenvalue weighted by atomic mass is 79.9. The third-order valence-electron chi connectivity index (χ3n) is 2.41. The van der Waals surface area contributed by atoms with Gasteiger partial charge in [-0.3, -0.25) is 4.79 Å². The maximum Gasteiger partial charge on any atom is 0.406 e. The van der Waals surface area contributed by atoms with Crippen LogP contribution in [0.1, 0.15) is 0 Å². The Labute approximate surface area is 128 Å². The number of carbonyl (C=O) groups is 1. The highest BCUT2D eigenvalue weighted by Gasteiger charge is 2.16. The van der Waals surface area contributed by atoms with Gasteiger partial charge in [0.2, 0.25) is 5.75 Å². The summed E-state index contributed by atoms with van der Waals surface area (Å²) < 4.78 is 6.02. The molecule has 0 spiro atoms. The molecule has 0 aliphatic rings. The maximum atomic E-state index is 11.7. The Morgan fingerprint density at radius 3 is 2.71 bits per heavy atom. The Morgan fingerprint density at radius 1 is 1.33 bits per heavy atom. The van der Waals surface area contributed by atoms with Crippen molar-refractivity contribution in [3.8, 4) is 5.75 Å². The number of amides is 1. The molecule has 0 unspecified atom stereocenters. The van der Waals surface area contributed by atoms with Crippen molar-refractivity contribution >= 4 is 33.3 Å². The van der Waals surface area contributed by atoms with Crippen molar-refractivity contribution in [1.82, 2.24) is 4.98 Å². The Kier molecular flexibility index (Phi) is 4.83. The molecule has 0 radical (unpaired) electrons. The van der Waals surface area contributed by atoms with Gasteiger partial charge in [0.15, 0.2) is 6.61 Å². The van der Waals surface area contributed by atoms with E-state index in [0.717, 1.165) is 4.47 Å². The quantitative estimate of drug-likeness (QED) is 0.660. The Bertz CT molecular complexity index is 661. The molecule has 21 heavy (non-hydrogen) atoms. The van der Waals surface area contributed by atoms with E-state index >= 15 is 0 Å². The molecule has 1 amide bonds. The summed E-state index contributed by atoms with van der Waals surface area (Å²) in [5.74, 6) is -0.891. The van der Waals surface area contributed by atoms with Gasteiger partial charge in [0.25, 0.3) is 5.91 Å². The molecule has 2 rings (SSSR count). The number of pyridine rings is 1. The summed E-state index contributed by atoms with van der Waals surface area (Å²) in [7, 11) is 0. The molecule has 0 fully saturated rings. The lowest BCUT2D eigenvalue weighted by atomic mass is 10.3. The first-order valence-corrected chi connectivity index (χ1v) is 6.63. The van der Waals surface area contributed by atoms with Gasteiger partial charge >= 0.3 is 5.82 Å². The lowest BCUT2D eigenvalue weighted by Crippen LogP contribution is -2.20. The molecule has 108 valence electrons. The normalized spacial score (nSPS) is 9.95. The highest BCUT2D eigenvalue weighted by Crippen LogP contribution is 2.22. The number of carbonyl (C=O) groups excluding carboxylic acids is 1.